The summed E-state index contributed by atoms with van der Waals surface area (Å²) in [6.45, 7) is 7.28. The number of H-pyrrole nitrogens is 1. The second-order valence-corrected chi connectivity index (χ2v) is 9.24. The highest BCUT2D eigenvalue weighted by atomic mass is 32.1. The lowest BCUT2D eigenvalue weighted by atomic mass is 10.0. The molecule has 1 unspecified atom stereocenters. The lowest BCUT2D eigenvalue weighted by Crippen LogP contribution is -3.07. The molecule has 0 aliphatic carbocycles. The number of hydrogen-bond donors (Lipinski definition) is 2. The third-order valence-corrected chi connectivity index (χ3v) is 7.14. The van der Waals surface area contributed by atoms with Gasteiger partial charge in [-0.2, -0.15) is 0 Å². The Morgan fingerprint density at radius 1 is 1.21 bits per heavy atom. The summed E-state index contributed by atoms with van der Waals surface area (Å²) in [4.78, 5) is 23.9. The van der Waals surface area contributed by atoms with Crippen molar-refractivity contribution in [3.8, 4) is 10.4 Å². The molecule has 0 amide bonds. The van der Waals surface area contributed by atoms with Crippen LogP contribution in [-0.4, -0.2) is 17.0 Å². The average Bonchev–Trinajstić information content (AvgIpc) is 3.32. The van der Waals surface area contributed by atoms with E-state index in [0.717, 1.165) is 27.6 Å². The van der Waals surface area contributed by atoms with Crippen molar-refractivity contribution < 1.29 is 4.90 Å². The molecule has 0 aliphatic heterocycles. The molecule has 0 saturated carbocycles. The Bertz CT molecular complexity index is 1170. The maximum Gasteiger partial charge on any atom is 0.260 e. The van der Waals surface area contributed by atoms with Gasteiger partial charge in [-0.25, -0.2) is 4.98 Å². The van der Waals surface area contributed by atoms with Gasteiger partial charge in [0.15, 0.2) is 5.82 Å². The Balaban J connectivity index is 1.64. The first-order chi connectivity index (χ1) is 13.4. The van der Waals surface area contributed by atoms with E-state index >= 15 is 0 Å². The number of nitrogens with zero attached hydrogens (tertiary/aromatic N) is 1. The quantitative estimate of drug-likeness (QED) is 0.520. The molecular formula is C22H24N3OS2+. The predicted molar refractivity (Wildman–Crippen MR) is 118 cm³/mol. The Kier molecular flexibility index (Phi) is 5.19. The van der Waals surface area contributed by atoms with Gasteiger partial charge in [-0.15, -0.1) is 22.7 Å². The number of quaternary nitrogens is 1. The third-order valence-electron chi connectivity index (χ3n) is 5.37. The molecule has 0 radical (unpaired) electrons. The van der Waals surface area contributed by atoms with E-state index in [4.69, 9.17) is 4.98 Å². The lowest BCUT2D eigenvalue weighted by molar-refractivity contribution is -0.924. The normalized spacial score (nSPS) is 13.7. The van der Waals surface area contributed by atoms with Gasteiger partial charge in [0.1, 0.15) is 17.4 Å². The van der Waals surface area contributed by atoms with Crippen LogP contribution in [0.15, 0.2) is 45.9 Å². The van der Waals surface area contributed by atoms with E-state index in [0.29, 0.717) is 5.39 Å². The van der Waals surface area contributed by atoms with Gasteiger partial charge in [0.25, 0.3) is 5.56 Å². The average molecular weight is 411 g/mol. The lowest BCUT2D eigenvalue weighted by Gasteiger charge is -2.22. The molecule has 3 heterocycles. The molecule has 0 fully saturated rings. The van der Waals surface area contributed by atoms with Crippen LogP contribution in [0, 0.1) is 13.8 Å². The highest BCUT2D eigenvalue weighted by Crippen LogP contribution is 2.33. The van der Waals surface area contributed by atoms with Crippen molar-refractivity contribution in [1.82, 2.24) is 9.97 Å². The highest BCUT2D eigenvalue weighted by molar-refractivity contribution is 7.18. The van der Waals surface area contributed by atoms with Crippen molar-refractivity contribution in [2.75, 3.05) is 7.05 Å². The van der Waals surface area contributed by atoms with Gasteiger partial charge in [0, 0.05) is 21.4 Å². The predicted octanol–water partition coefficient (Wildman–Crippen LogP) is 4.11. The molecular weight excluding hydrogens is 386 g/mol. The van der Waals surface area contributed by atoms with Crippen LogP contribution in [0.5, 0.6) is 0 Å². The van der Waals surface area contributed by atoms with Crippen molar-refractivity contribution >= 4 is 32.9 Å². The Labute approximate surface area is 172 Å². The maximum absolute atomic E-state index is 12.9. The summed E-state index contributed by atoms with van der Waals surface area (Å²) < 4.78 is 0. The molecule has 3 aromatic heterocycles. The molecule has 2 N–H and O–H groups in total. The minimum atomic E-state index is -0.0455. The molecule has 6 heteroatoms. The van der Waals surface area contributed by atoms with Crippen LogP contribution in [0.1, 0.15) is 35.5 Å². The van der Waals surface area contributed by atoms with Crippen LogP contribution in [-0.2, 0) is 6.54 Å². The van der Waals surface area contributed by atoms with Gasteiger partial charge in [0.2, 0.25) is 0 Å². The number of aromatic amines is 1. The molecule has 4 rings (SSSR count). The summed E-state index contributed by atoms with van der Waals surface area (Å²) in [5, 5.41) is 4.78. The Morgan fingerprint density at radius 2 is 2.04 bits per heavy atom. The molecule has 0 bridgehead atoms. The second-order valence-electron chi connectivity index (χ2n) is 7.43. The number of rotatable bonds is 5. The van der Waals surface area contributed by atoms with E-state index in [1.54, 1.807) is 22.7 Å². The zero-order valence-electron chi connectivity index (χ0n) is 16.5. The van der Waals surface area contributed by atoms with E-state index in [-0.39, 0.29) is 11.6 Å². The van der Waals surface area contributed by atoms with Crippen LogP contribution in [0.2, 0.25) is 0 Å². The summed E-state index contributed by atoms with van der Waals surface area (Å²) in [6.07, 6.45) is 0. The Hall–Kier alpha value is -2.28. The van der Waals surface area contributed by atoms with Gasteiger partial charge < -0.3 is 9.88 Å². The third kappa shape index (κ3) is 3.55. The topological polar surface area (TPSA) is 50.2 Å². The fourth-order valence-corrected chi connectivity index (χ4v) is 5.28. The molecule has 2 atom stereocenters. The smallest absolute Gasteiger partial charge is 0.260 e. The van der Waals surface area contributed by atoms with Gasteiger partial charge in [-0.05, 0) is 37.8 Å². The number of fused-ring (bicyclic) bond motifs is 1. The molecule has 4 nitrogen and oxygen atoms in total. The van der Waals surface area contributed by atoms with Crippen molar-refractivity contribution in [2.45, 2.75) is 33.4 Å². The first-order valence-electron chi connectivity index (χ1n) is 9.37. The SMILES string of the molecule is Cc1ccc(C[NH+](C)[C@H](C)c2nc3scc(-c4cccs4)c3c(=O)[nH]2)c(C)c1. The largest absolute Gasteiger partial charge is 0.325 e. The number of nitrogens with one attached hydrogen (secondary N) is 2. The van der Waals surface area contributed by atoms with Crippen LogP contribution in [0.3, 0.4) is 0 Å². The monoisotopic (exact) mass is 410 g/mol. The van der Waals surface area contributed by atoms with Crippen LogP contribution >= 0.6 is 22.7 Å². The number of thiophene rings is 2. The van der Waals surface area contributed by atoms with Gasteiger partial charge in [-0.1, -0.05) is 29.8 Å². The summed E-state index contributed by atoms with van der Waals surface area (Å²) in [7, 11) is 2.15. The summed E-state index contributed by atoms with van der Waals surface area (Å²) in [6, 6.07) is 10.7. The van der Waals surface area contributed by atoms with Crippen molar-refractivity contribution in [2.24, 2.45) is 0 Å². The molecule has 0 saturated heterocycles. The summed E-state index contributed by atoms with van der Waals surface area (Å²) >= 11 is 3.19. The van der Waals surface area contributed by atoms with Crippen LogP contribution < -0.4 is 10.5 Å². The van der Waals surface area contributed by atoms with Crippen molar-refractivity contribution in [3.63, 3.8) is 0 Å². The minimum Gasteiger partial charge on any atom is -0.325 e. The van der Waals surface area contributed by atoms with E-state index < -0.39 is 0 Å². The van der Waals surface area contributed by atoms with Crippen molar-refractivity contribution in [3.05, 3.63) is 74.0 Å². The standard InChI is InChI=1S/C22H23N3OS2/c1-13-7-8-16(14(2)10-13)11-25(4)15(3)20-23-21(26)19-17(12-28-22(19)24-20)18-6-5-9-27-18/h5-10,12,15H,11H2,1-4H3,(H,23,24,26)/p+1/t15-/m1/s1. The first kappa shape index (κ1) is 19.1. The summed E-state index contributed by atoms with van der Waals surface area (Å²) in [5.74, 6) is 0.749. The zero-order valence-corrected chi connectivity index (χ0v) is 18.1. The fraction of sp³-hybridized carbons (Fsp3) is 0.273. The van der Waals surface area contributed by atoms with Gasteiger partial charge >= 0.3 is 0 Å². The van der Waals surface area contributed by atoms with E-state index in [1.807, 2.05) is 22.9 Å². The van der Waals surface area contributed by atoms with Crippen LogP contribution in [0.25, 0.3) is 20.7 Å². The highest BCUT2D eigenvalue weighted by Gasteiger charge is 2.22. The summed E-state index contributed by atoms with van der Waals surface area (Å²) in [5.41, 5.74) is 4.86. The van der Waals surface area contributed by atoms with Gasteiger partial charge in [-0.3, -0.25) is 4.79 Å². The molecule has 0 spiro atoms. The molecule has 1 aromatic carbocycles. The van der Waals surface area contributed by atoms with Gasteiger partial charge in [0.05, 0.1) is 12.4 Å². The molecule has 28 heavy (non-hydrogen) atoms. The second kappa shape index (κ2) is 7.62. The molecule has 144 valence electrons. The van der Waals surface area contributed by atoms with Crippen molar-refractivity contribution in [1.29, 1.82) is 0 Å². The number of benzene rings is 1. The number of aromatic nitrogens is 2. The fourth-order valence-electron chi connectivity index (χ4n) is 3.51. The maximum atomic E-state index is 12.9. The van der Waals surface area contributed by atoms with Crippen LogP contribution in [0.4, 0.5) is 0 Å². The minimum absolute atomic E-state index is 0.0455. The Morgan fingerprint density at radius 3 is 2.75 bits per heavy atom. The number of aryl methyl sites for hydroxylation is 2. The first-order valence-corrected chi connectivity index (χ1v) is 11.1. The molecule has 0 aliphatic rings. The number of hydrogen-bond acceptors (Lipinski definition) is 4. The zero-order chi connectivity index (χ0) is 19.8. The van der Waals surface area contributed by atoms with E-state index in [1.165, 1.54) is 21.6 Å². The molecule has 4 aromatic rings. The van der Waals surface area contributed by atoms with E-state index in [9.17, 15) is 4.79 Å². The van der Waals surface area contributed by atoms with E-state index in [2.05, 4.69) is 51.0 Å².